The molecule has 2 aliphatic heterocycles. The van der Waals surface area contributed by atoms with Gasteiger partial charge in [0.25, 0.3) is 0 Å². The van der Waals surface area contributed by atoms with Gasteiger partial charge in [-0.25, -0.2) is 0 Å². The van der Waals surface area contributed by atoms with E-state index in [9.17, 15) is 5.11 Å². The first-order valence-corrected chi connectivity index (χ1v) is 5.81. The molecule has 5 heteroatoms. The van der Waals surface area contributed by atoms with Gasteiger partial charge in [0.2, 0.25) is 0 Å². The van der Waals surface area contributed by atoms with Crippen LogP contribution in [0.3, 0.4) is 0 Å². The Bertz CT molecular complexity index is 208. The van der Waals surface area contributed by atoms with E-state index in [-0.39, 0.29) is 18.3 Å². The summed E-state index contributed by atoms with van der Waals surface area (Å²) in [6.45, 7) is 3.70. The van der Waals surface area contributed by atoms with E-state index in [2.05, 4.69) is 22.6 Å². The van der Waals surface area contributed by atoms with Crippen molar-refractivity contribution in [3.63, 3.8) is 0 Å². The summed E-state index contributed by atoms with van der Waals surface area (Å²) < 4.78 is 17.2. The Balaban J connectivity index is 2.12. The molecule has 2 aliphatic rings. The van der Waals surface area contributed by atoms with Crippen molar-refractivity contribution >= 4 is 22.6 Å². The highest BCUT2D eigenvalue weighted by molar-refractivity contribution is 14.1. The number of rotatable bonds is 1. The van der Waals surface area contributed by atoms with Crippen LogP contribution < -0.4 is 0 Å². The summed E-state index contributed by atoms with van der Waals surface area (Å²) in [5.41, 5.74) is 0. The summed E-state index contributed by atoms with van der Waals surface area (Å²) in [5.74, 6) is -0.593. The fourth-order valence-corrected chi connectivity index (χ4v) is 2.49. The highest BCUT2D eigenvalue weighted by Crippen LogP contribution is 2.38. The maximum Gasteiger partial charge on any atom is 0.184 e. The van der Waals surface area contributed by atoms with Crippen molar-refractivity contribution < 1.29 is 19.3 Å². The molecule has 0 aromatic rings. The fraction of sp³-hybridized carbons (Fsp3) is 1.00. The molecule has 4 atom stereocenters. The zero-order chi connectivity index (χ0) is 9.64. The van der Waals surface area contributed by atoms with Crippen LogP contribution in [-0.4, -0.2) is 39.9 Å². The number of ether oxygens (including phenoxy) is 3. The molecule has 13 heavy (non-hydrogen) atoms. The predicted octanol–water partition coefficient (Wildman–Crippen LogP) is 0.659. The minimum absolute atomic E-state index is 0.0534. The smallest absolute Gasteiger partial charge is 0.184 e. The Morgan fingerprint density at radius 3 is 2.54 bits per heavy atom. The average molecular weight is 300 g/mol. The quantitative estimate of drug-likeness (QED) is 0.571. The minimum Gasteiger partial charge on any atom is -0.366 e. The first-order chi connectivity index (χ1) is 6.03. The van der Waals surface area contributed by atoms with E-state index in [1.165, 1.54) is 0 Å². The van der Waals surface area contributed by atoms with Crippen LogP contribution in [0, 0.1) is 0 Å². The van der Waals surface area contributed by atoms with E-state index < -0.39 is 12.1 Å². The molecule has 0 amide bonds. The third kappa shape index (κ3) is 1.72. The Kier molecular flexibility index (Phi) is 2.57. The molecular weight excluding hydrogens is 287 g/mol. The van der Waals surface area contributed by atoms with E-state index in [1.807, 2.05) is 13.8 Å². The number of hydrogen-bond donors (Lipinski definition) is 1. The topological polar surface area (TPSA) is 47.9 Å². The van der Waals surface area contributed by atoms with Crippen molar-refractivity contribution in [2.24, 2.45) is 0 Å². The molecule has 2 heterocycles. The summed E-state index contributed by atoms with van der Waals surface area (Å²) in [6, 6.07) is 0. The van der Waals surface area contributed by atoms with Gasteiger partial charge in [-0.1, -0.05) is 22.6 Å². The number of aliphatic hydroxyl groups excluding tert-OH is 1. The third-order valence-electron chi connectivity index (χ3n) is 2.28. The van der Waals surface area contributed by atoms with Gasteiger partial charge in [0.1, 0.15) is 12.2 Å². The summed E-state index contributed by atoms with van der Waals surface area (Å²) in [5, 5.41) is 9.50. The molecule has 0 spiro atoms. The number of halogens is 1. The Labute approximate surface area is 90.7 Å². The lowest BCUT2D eigenvalue weighted by atomic mass is 10.2. The molecule has 1 N–H and O–H groups in total. The molecular formula is C8H13IO4. The summed E-state index contributed by atoms with van der Waals surface area (Å²) >= 11 is 2.22. The Morgan fingerprint density at radius 2 is 1.92 bits per heavy atom. The zero-order valence-corrected chi connectivity index (χ0v) is 9.72. The van der Waals surface area contributed by atoms with Crippen LogP contribution in [0.4, 0.5) is 0 Å². The minimum atomic E-state index is -0.841. The van der Waals surface area contributed by atoms with Crippen molar-refractivity contribution in [1.29, 1.82) is 0 Å². The number of aliphatic hydroxyl groups is 1. The highest BCUT2D eigenvalue weighted by atomic mass is 127. The lowest BCUT2D eigenvalue weighted by Crippen LogP contribution is -2.30. The maximum atomic E-state index is 9.50. The third-order valence-corrected chi connectivity index (χ3v) is 3.15. The van der Waals surface area contributed by atoms with Gasteiger partial charge in [-0.2, -0.15) is 0 Å². The SMILES string of the molecule is CC1(C)O[C@@H]2C(CI)OC(O)[C@@H]2O1. The first kappa shape index (κ1) is 10.1. The van der Waals surface area contributed by atoms with Gasteiger partial charge in [0.05, 0.1) is 6.10 Å². The van der Waals surface area contributed by atoms with Gasteiger partial charge in [-0.05, 0) is 13.8 Å². The van der Waals surface area contributed by atoms with Crippen LogP contribution >= 0.6 is 22.6 Å². The molecule has 4 nitrogen and oxygen atoms in total. The molecule has 2 unspecified atom stereocenters. The van der Waals surface area contributed by atoms with Crippen LogP contribution in [0.15, 0.2) is 0 Å². The molecule has 2 saturated heterocycles. The molecule has 76 valence electrons. The number of alkyl halides is 1. The van der Waals surface area contributed by atoms with Gasteiger partial charge in [-0.3, -0.25) is 0 Å². The lowest BCUT2D eigenvalue weighted by Gasteiger charge is -2.21. The molecule has 2 fully saturated rings. The van der Waals surface area contributed by atoms with Crippen molar-refractivity contribution in [2.75, 3.05) is 4.43 Å². The molecule has 0 saturated carbocycles. The molecule has 0 aromatic heterocycles. The summed E-state index contributed by atoms with van der Waals surface area (Å²) in [7, 11) is 0. The second kappa shape index (κ2) is 3.30. The van der Waals surface area contributed by atoms with E-state index >= 15 is 0 Å². The number of hydrogen-bond acceptors (Lipinski definition) is 4. The van der Waals surface area contributed by atoms with E-state index in [0.29, 0.717) is 0 Å². The standard InChI is InChI=1S/C8H13IO4/c1-8(2)12-5-4(3-9)11-7(10)6(5)13-8/h4-7,10H,3H2,1-2H3/t4?,5-,6-,7?/m1/s1. The van der Waals surface area contributed by atoms with Crippen LogP contribution in [-0.2, 0) is 14.2 Å². The average Bonchev–Trinajstić information content (AvgIpc) is 2.47. The van der Waals surface area contributed by atoms with Crippen LogP contribution in [0.1, 0.15) is 13.8 Å². The molecule has 0 aromatic carbocycles. The summed E-state index contributed by atoms with van der Waals surface area (Å²) in [6.07, 6.45) is -1.34. The number of fused-ring (bicyclic) bond motifs is 1. The monoisotopic (exact) mass is 300 g/mol. The van der Waals surface area contributed by atoms with Crippen molar-refractivity contribution in [3.8, 4) is 0 Å². The van der Waals surface area contributed by atoms with Crippen molar-refractivity contribution in [3.05, 3.63) is 0 Å². The Morgan fingerprint density at radius 1 is 1.31 bits per heavy atom. The van der Waals surface area contributed by atoms with E-state index in [0.717, 1.165) is 4.43 Å². The van der Waals surface area contributed by atoms with Gasteiger partial charge < -0.3 is 19.3 Å². The van der Waals surface area contributed by atoms with Crippen LogP contribution in [0.25, 0.3) is 0 Å². The van der Waals surface area contributed by atoms with Crippen molar-refractivity contribution in [2.45, 2.75) is 44.2 Å². The van der Waals surface area contributed by atoms with Gasteiger partial charge in [0.15, 0.2) is 12.1 Å². The van der Waals surface area contributed by atoms with Crippen molar-refractivity contribution in [1.82, 2.24) is 0 Å². The second-order valence-corrected chi connectivity index (χ2v) is 4.66. The predicted molar refractivity (Wildman–Crippen MR) is 53.6 cm³/mol. The molecule has 0 radical (unpaired) electrons. The van der Waals surface area contributed by atoms with Crippen LogP contribution in [0.2, 0.25) is 0 Å². The normalized spacial score (nSPS) is 48.0. The lowest BCUT2D eigenvalue weighted by molar-refractivity contribution is -0.216. The van der Waals surface area contributed by atoms with E-state index in [4.69, 9.17) is 14.2 Å². The molecule has 0 aliphatic carbocycles. The van der Waals surface area contributed by atoms with Gasteiger partial charge >= 0.3 is 0 Å². The zero-order valence-electron chi connectivity index (χ0n) is 7.57. The van der Waals surface area contributed by atoms with E-state index in [1.54, 1.807) is 0 Å². The maximum absolute atomic E-state index is 9.50. The Hall–Kier alpha value is 0.570. The first-order valence-electron chi connectivity index (χ1n) is 4.28. The van der Waals surface area contributed by atoms with Crippen LogP contribution in [0.5, 0.6) is 0 Å². The second-order valence-electron chi connectivity index (χ2n) is 3.78. The van der Waals surface area contributed by atoms with Gasteiger partial charge in [0, 0.05) is 4.43 Å². The highest BCUT2D eigenvalue weighted by Gasteiger charge is 2.54. The molecule has 0 bridgehead atoms. The fourth-order valence-electron chi connectivity index (χ4n) is 1.78. The summed E-state index contributed by atoms with van der Waals surface area (Å²) in [4.78, 5) is 0. The largest absolute Gasteiger partial charge is 0.366 e. The molecule has 2 rings (SSSR count). The van der Waals surface area contributed by atoms with Gasteiger partial charge in [-0.15, -0.1) is 0 Å².